The average molecular weight is 113 g/mol. The van der Waals surface area contributed by atoms with Crippen LogP contribution in [0.25, 0.3) is 0 Å². The largest absolute Gasteiger partial charge is 0.368 e. The molecule has 0 radical (unpaired) electrons. The number of hydrogen-bond acceptors (Lipinski definition) is 3. The molecule has 1 atom stereocenters. The maximum atomic E-state index is 10.3. The Balaban J connectivity index is 2.41. The fourth-order valence-electron chi connectivity index (χ4n) is 0.526. The summed E-state index contributed by atoms with van der Waals surface area (Å²) < 4.78 is 0. The lowest BCUT2D eigenvalue weighted by atomic mass is 10.3. The summed E-state index contributed by atoms with van der Waals surface area (Å²) in [6.45, 7) is 0.481. The lowest BCUT2D eigenvalue weighted by Crippen LogP contribution is -2.38. The average Bonchev–Trinajstić information content (AvgIpc) is 2.12. The number of primary amides is 1. The van der Waals surface area contributed by atoms with E-state index in [2.05, 4.69) is 10.3 Å². The SMILES string of the molecule is NC(=O)C1CN=CN1. The van der Waals surface area contributed by atoms with Gasteiger partial charge in [0.25, 0.3) is 0 Å². The first-order valence-corrected chi connectivity index (χ1v) is 2.34. The van der Waals surface area contributed by atoms with Gasteiger partial charge in [0, 0.05) is 0 Å². The van der Waals surface area contributed by atoms with E-state index in [1.807, 2.05) is 0 Å². The van der Waals surface area contributed by atoms with Gasteiger partial charge in [-0.1, -0.05) is 0 Å². The zero-order valence-corrected chi connectivity index (χ0v) is 4.29. The third-order valence-electron chi connectivity index (χ3n) is 0.998. The van der Waals surface area contributed by atoms with Crippen LogP contribution < -0.4 is 11.1 Å². The molecule has 0 spiro atoms. The first-order valence-electron chi connectivity index (χ1n) is 2.34. The van der Waals surface area contributed by atoms with Crippen molar-refractivity contribution in [1.82, 2.24) is 5.32 Å². The summed E-state index contributed by atoms with van der Waals surface area (Å²) >= 11 is 0. The molecule has 4 heteroatoms. The Labute approximate surface area is 46.8 Å². The molecular formula is C4H7N3O. The van der Waals surface area contributed by atoms with Crippen LogP contribution in [-0.4, -0.2) is 24.8 Å². The fraction of sp³-hybridized carbons (Fsp3) is 0.500. The molecule has 1 aliphatic heterocycles. The third-order valence-corrected chi connectivity index (χ3v) is 0.998. The smallest absolute Gasteiger partial charge is 0.241 e. The minimum atomic E-state index is -0.345. The van der Waals surface area contributed by atoms with Gasteiger partial charge in [0.1, 0.15) is 6.04 Å². The van der Waals surface area contributed by atoms with Gasteiger partial charge >= 0.3 is 0 Å². The van der Waals surface area contributed by atoms with Crippen LogP contribution in [0.4, 0.5) is 0 Å². The van der Waals surface area contributed by atoms with Crippen LogP contribution in [-0.2, 0) is 4.79 Å². The van der Waals surface area contributed by atoms with Crippen molar-refractivity contribution in [2.45, 2.75) is 6.04 Å². The summed E-state index contributed by atoms with van der Waals surface area (Å²) in [4.78, 5) is 14.0. The van der Waals surface area contributed by atoms with Gasteiger partial charge in [-0.2, -0.15) is 0 Å². The Bertz CT molecular complexity index is 123. The van der Waals surface area contributed by atoms with E-state index in [0.717, 1.165) is 0 Å². The molecular weight excluding hydrogens is 106 g/mol. The molecule has 0 aromatic rings. The van der Waals surface area contributed by atoms with Crippen molar-refractivity contribution in [2.24, 2.45) is 10.7 Å². The van der Waals surface area contributed by atoms with Crippen LogP contribution in [0.2, 0.25) is 0 Å². The molecule has 1 amide bonds. The molecule has 0 fully saturated rings. The highest BCUT2D eigenvalue weighted by atomic mass is 16.1. The predicted octanol–water partition coefficient (Wildman–Crippen LogP) is -1.53. The molecule has 1 unspecified atom stereocenters. The summed E-state index contributed by atoms with van der Waals surface area (Å²) in [6.07, 6.45) is 1.50. The second-order valence-electron chi connectivity index (χ2n) is 1.62. The van der Waals surface area contributed by atoms with E-state index < -0.39 is 0 Å². The van der Waals surface area contributed by atoms with Gasteiger partial charge in [-0.15, -0.1) is 0 Å². The maximum Gasteiger partial charge on any atom is 0.241 e. The Morgan fingerprint density at radius 3 is 3.00 bits per heavy atom. The molecule has 1 heterocycles. The zero-order chi connectivity index (χ0) is 5.98. The zero-order valence-electron chi connectivity index (χ0n) is 4.29. The lowest BCUT2D eigenvalue weighted by Gasteiger charge is -2.00. The van der Waals surface area contributed by atoms with E-state index in [4.69, 9.17) is 5.73 Å². The van der Waals surface area contributed by atoms with Gasteiger partial charge in [-0.3, -0.25) is 9.79 Å². The van der Waals surface area contributed by atoms with Crippen LogP contribution in [0.5, 0.6) is 0 Å². The molecule has 8 heavy (non-hydrogen) atoms. The summed E-state index contributed by atoms with van der Waals surface area (Å²) in [6, 6.07) is -0.269. The van der Waals surface area contributed by atoms with E-state index in [1.165, 1.54) is 6.34 Å². The lowest BCUT2D eigenvalue weighted by molar-refractivity contribution is -0.119. The van der Waals surface area contributed by atoms with E-state index in [1.54, 1.807) is 0 Å². The van der Waals surface area contributed by atoms with Crippen molar-refractivity contribution in [1.29, 1.82) is 0 Å². The van der Waals surface area contributed by atoms with Crippen LogP contribution in [0, 0.1) is 0 Å². The molecule has 1 rings (SSSR count). The number of nitrogens with two attached hydrogens (primary N) is 1. The van der Waals surface area contributed by atoms with Crippen molar-refractivity contribution in [3.63, 3.8) is 0 Å². The number of carbonyl (C=O) groups excluding carboxylic acids is 1. The molecule has 4 nitrogen and oxygen atoms in total. The number of aliphatic imine (C=N–C) groups is 1. The van der Waals surface area contributed by atoms with E-state index in [9.17, 15) is 4.79 Å². The van der Waals surface area contributed by atoms with Gasteiger partial charge in [0.05, 0.1) is 12.9 Å². The quantitative estimate of drug-likeness (QED) is 0.433. The minimum Gasteiger partial charge on any atom is -0.368 e. The first-order chi connectivity index (χ1) is 3.80. The molecule has 0 bridgehead atoms. The highest BCUT2D eigenvalue weighted by Gasteiger charge is 2.14. The summed E-state index contributed by atoms with van der Waals surface area (Å²) in [5, 5.41) is 2.69. The van der Waals surface area contributed by atoms with Crippen molar-refractivity contribution in [2.75, 3.05) is 6.54 Å². The monoisotopic (exact) mass is 113 g/mol. The fourth-order valence-corrected chi connectivity index (χ4v) is 0.526. The van der Waals surface area contributed by atoms with Crippen LogP contribution in [0.15, 0.2) is 4.99 Å². The summed E-state index contributed by atoms with van der Waals surface area (Å²) in [7, 11) is 0. The summed E-state index contributed by atoms with van der Waals surface area (Å²) in [5.41, 5.74) is 4.92. The molecule has 0 aromatic heterocycles. The van der Waals surface area contributed by atoms with E-state index >= 15 is 0 Å². The Hall–Kier alpha value is -1.06. The predicted molar refractivity (Wildman–Crippen MR) is 29.5 cm³/mol. The first kappa shape index (κ1) is 5.08. The van der Waals surface area contributed by atoms with Gasteiger partial charge in [-0.25, -0.2) is 0 Å². The molecule has 0 saturated carbocycles. The van der Waals surface area contributed by atoms with Crippen LogP contribution >= 0.6 is 0 Å². The van der Waals surface area contributed by atoms with Gasteiger partial charge in [-0.05, 0) is 0 Å². The normalized spacial score (nSPS) is 25.2. The van der Waals surface area contributed by atoms with E-state index in [-0.39, 0.29) is 11.9 Å². The van der Waals surface area contributed by atoms with Crippen molar-refractivity contribution in [3.8, 4) is 0 Å². The Morgan fingerprint density at radius 2 is 2.75 bits per heavy atom. The summed E-state index contributed by atoms with van der Waals surface area (Å²) in [5.74, 6) is -0.345. The number of nitrogens with zero attached hydrogens (tertiary/aromatic N) is 1. The second-order valence-corrected chi connectivity index (χ2v) is 1.62. The Morgan fingerprint density at radius 1 is 2.00 bits per heavy atom. The van der Waals surface area contributed by atoms with Crippen molar-refractivity contribution in [3.05, 3.63) is 0 Å². The molecule has 0 saturated heterocycles. The third kappa shape index (κ3) is 0.776. The Kier molecular flexibility index (Phi) is 1.15. The molecule has 0 aliphatic carbocycles. The van der Waals surface area contributed by atoms with Gasteiger partial charge in [0.15, 0.2) is 0 Å². The minimum absolute atomic E-state index is 0.269. The van der Waals surface area contributed by atoms with Crippen LogP contribution in [0.3, 0.4) is 0 Å². The highest BCUT2D eigenvalue weighted by molar-refractivity contribution is 5.84. The highest BCUT2D eigenvalue weighted by Crippen LogP contribution is 1.86. The number of hydrogen-bond donors (Lipinski definition) is 2. The second kappa shape index (κ2) is 1.81. The topological polar surface area (TPSA) is 67.5 Å². The maximum absolute atomic E-state index is 10.3. The van der Waals surface area contributed by atoms with E-state index in [0.29, 0.717) is 6.54 Å². The van der Waals surface area contributed by atoms with Gasteiger partial charge < -0.3 is 11.1 Å². The van der Waals surface area contributed by atoms with Crippen molar-refractivity contribution >= 4 is 12.2 Å². The number of rotatable bonds is 1. The molecule has 1 aliphatic rings. The van der Waals surface area contributed by atoms with Gasteiger partial charge in [0.2, 0.25) is 5.91 Å². The number of carbonyl (C=O) groups is 1. The molecule has 0 aromatic carbocycles. The number of amides is 1. The van der Waals surface area contributed by atoms with Crippen molar-refractivity contribution < 1.29 is 4.79 Å². The molecule has 44 valence electrons. The number of nitrogens with one attached hydrogen (secondary N) is 1. The van der Waals surface area contributed by atoms with Crippen LogP contribution in [0.1, 0.15) is 0 Å². The standard InChI is InChI=1S/C4H7N3O/c5-4(8)3-1-6-2-7-3/h2-3H,1H2,(H2,5,8)(H,6,7). The molecule has 3 N–H and O–H groups in total.